The third-order valence-corrected chi connectivity index (χ3v) is 4.85. The summed E-state index contributed by atoms with van der Waals surface area (Å²) >= 11 is 1.37. The number of thiazole rings is 1. The second-order valence-corrected chi connectivity index (χ2v) is 6.78. The van der Waals surface area contributed by atoms with Crippen molar-refractivity contribution in [2.45, 2.75) is 25.9 Å². The number of nitrogens with two attached hydrogens (primary N) is 1. The van der Waals surface area contributed by atoms with Crippen LogP contribution in [-0.4, -0.2) is 34.9 Å². The highest BCUT2D eigenvalue weighted by Gasteiger charge is 2.17. The molecule has 0 bridgehead atoms. The van der Waals surface area contributed by atoms with Gasteiger partial charge in [0, 0.05) is 37.2 Å². The summed E-state index contributed by atoms with van der Waals surface area (Å²) in [4.78, 5) is 30.2. The highest BCUT2D eigenvalue weighted by Crippen LogP contribution is 2.14. The van der Waals surface area contributed by atoms with Crippen LogP contribution >= 0.6 is 11.3 Å². The predicted octanol–water partition coefficient (Wildman–Crippen LogP) is 2.16. The molecule has 1 saturated heterocycles. The molecule has 4 N–H and O–H groups in total. The maximum atomic E-state index is 12.1. The van der Waals surface area contributed by atoms with E-state index < -0.39 is 0 Å². The molecule has 0 unspecified atom stereocenters. The van der Waals surface area contributed by atoms with Gasteiger partial charge in [0.15, 0.2) is 0 Å². The first-order valence-electron chi connectivity index (χ1n) is 8.23. The molecule has 3 amide bonds. The summed E-state index contributed by atoms with van der Waals surface area (Å²) in [5.74, 6) is -0.234. The Bertz CT molecular complexity index is 755. The van der Waals surface area contributed by atoms with Gasteiger partial charge in [0.25, 0.3) is 5.91 Å². The molecule has 0 aliphatic carbocycles. The molecule has 1 aromatic carbocycles. The zero-order chi connectivity index (χ0) is 17.6. The van der Waals surface area contributed by atoms with Crippen LogP contribution < -0.4 is 16.4 Å². The summed E-state index contributed by atoms with van der Waals surface area (Å²) in [5, 5.41) is 8.17. The topological polar surface area (TPSA) is 100 Å². The van der Waals surface area contributed by atoms with Crippen molar-refractivity contribution < 1.29 is 9.59 Å². The van der Waals surface area contributed by atoms with Crippen LogP contribution in [0.15, 0.2) is 29.6 Å². The van der Waals surface area contributed by atoms with Gasteiger partial charge in [0.2, 0.25) is 0 Å². The monoisotopic (exact) mass is 359 g/mol. The summed E-state index contributed by atoms with van der Waals surface area (Å²) in [5.41, 5.74) is 7.52. The van der Waals surface area contributed by atoms with Crippen LogP contribution in [-0.2, 0) is 13.1 Å². The summed E-state index contributed by atoms with van der Waals surface area (Å²) < 4.78 is 0. The van der Waals surface area contributed by atoms with Crippen molar-refractivity contribution in [3.8, 4) is 0 Å². The van der Waals surface area contributed by atoms with E-state index in [9.17, 15) is 9.59 Å². The Labute approximate surface area is 150 Å². The number of hydrogen-bond acceptors (Lipinski definition) is 5. The number of benzene rings is 1. The Hall–Kier alpha value is -2.45. The molecule has 1 aromatic heterocycles. The molecule has 2 heterocycles. The summed E-state index contributed by atoms with van der Waals surface area (Å²) in [6.07, 6.45) is 2.12. The fourth-order valence-electron chi connectivity index (χ4n) is 2.66. The van der Waals surface area contributed by atoms with Gasteiger partial charge < -0.3 is 21.3 Å². The van der Waals surface area contributed by atoms with Crippen molar-refractivity contribution in [2.24, 2.45) is 5.73 Å². The van der Waals surface area contributed by atoms with Gasteiger partial charge in [-0.3, -0.25) is 4.79 Å². The lowest BCUT2D eigenvalue weighted by Gasteiger charge is -2.16. The lowest BCUT2D eigenvalue weighted by atomic mass is 10.2. The summed E-state index contributed by atoms with van der Waals surface area (Å²) in [6.45, 7) is 2.30. The third kappa shape index (κ3) is 4.55. The Morgan fingerprint density at radius 3 is 2.80 bits per heavy atom. The first-order valence-corrected chi connectivity index (χ1v) is 9.11. The number of anilines is 1. The average Bonchev–Trinajstić information content (AvgIpc) is 3.31. The van der Waals surface area contributed by atoms with Crippen LogP contribution in [0.1, 0.15) is 33.9 Å². The van der Waals surface area contributed by atoms with Crippen LogP contribution in [0.2, 0.25) is 0 Å². The standard InChI is InChI=1S/C17H21N5O2S/c18-9-15-21-14(11-25-15)16(23)19-10-12-4-3-5-13(8-12)20-17(24)22-6-1-2-7-22/h3-5,8,11H,1-2,6-7,9-10,18H2,(H,19,23)(H,20,24). The predicted molar refractivity (Wildman–Crippen MR) is 97.4 cm³/mol. The number of carbonyl (C=O) groups is 2. The minimum absolute atomic E-state index is 0.0736. The smallest absolute Gasteiger partial charge is 0.321 e. The molecule has 1 fully saturated rings. The third-order valence-electron chi connectivity index (χ3n) is 3.98. The quantitative estimate of drug-likeness (QED) is 0.761. The molecular formula is C17H21N5O2S. The molecule has 1 aliphatic heterocycles. The molecule has 1 aliphatic rings. The molecule has 0 spiro atoms. The normalized spacial score (nSPS) is 13.7. The zero-order valence-corrected chi connectivity index (χ0v) is 14.6. The molecule has 2 aromatic rings. The lowest BCUT2D eigenvalue weighted by Crippen LogP contribution is -2.32. The van der Waals surface area contributed by atoms with E-state index in [0.717, 1.165) is 42.2 Å². The van der Waals surface area contributed by atoms with Gasteiger partial charge in [-0.25, -0.2) is 9.78 Å². The van der Waals surface area contributed by atoms with E-state index in [2.05, 4.69) is 15.6 Å². The second kappa shape index (κ2) is 8.09. The zero-order valence-electron chi connectivity index (χ0n) is 13.8. The first-order chi connectivity index (χ1) is 12.2. The molecule has 7 nitrogen and oxygen atoms in total. The highest BCUT2D eigenvalue weighted by atomic mass is 32.1. The second-order valence-electron chi connectivity index (χ2n) is 5.84. The molecule has 3 rings (SSSR count). The number of likely N-dealkylation sites (tertiary alicyclic amines) is 1. The van der Waals surface area contributed by atoms with Crippen LogP contribution in [0.25, 0.3) is 0 Å². The van der Waals surface area contributed by atoms with Gasteiger partial charge in [0.05, 0.1) is 0 Å². The highest BCUT2D eigenvalue weighted by molar-refractivity contribution is 7.09. The number of urea groups is 1. The number of carbonyl (C=O) groups excluding carboxylic acids is 2. The van der Waals surface area contributed by atoms with Crippen molar-refractivity contribution in [3.05, 3.63) is 45.9 Å². The van der Waals surface area contributed by atoms with Gasteiger partial charge in [-0.15, -0.1) is 11.3 Å². The molecule has 8 heteroatoms. The number of nitrogens with one attached hydrogen (secondary N) is 2. The molecular weight excluding hydrogens is 338 g/mol. The number of nitrogens with zero attached hydrogens (tertiary/aromatic N) is 2. The van der Waals surface area contributed by atoms with Gasteiger partial charge in [-0.05, 0) is 30.5 Å². The Morgan fingerprint density at radius 1 is 1.28 bits per heavy atom. The fourth-order valence-corrected chi connectivity index (χ4v) is 3.32. The van der Waals surface area contributed by atoms with Crippen molar-refractivity contribution in [1.29, 1.82) is 0 Å². The minimum Gasteiger partial charge on any atom is -0.347 e. The van der Waals surface area contributed by atoms with Crippen molar-refractivity contribution in [2.75, 3.05) is 18.4 Å². The Kier molecular flexibility index (Phi) is 5.62. The molecule has 0 saturated carbocycles. The van der Waals surface area contributed by atoms with Crippen molar-refractivity contribution >= 4 is 29.0 Å². The average molecular weight is 359 g/mol. The van der Waals surface area contributed by atoms with E-state index >= 15 is 0 Å². The van der Waals surface area contributed by atoms with Crippen LogP contribution in [0.4, 0.5) is 10.5 Å². The van der Waals surface area contributed by atoms with E-state index in [-0.39, 0.29) is 11.9 Å². The van der Waals surface area contributed by atoms with E-state index in [0.29, 0.717) is 18.8 Å². The number of aromatic nitrogens is 1. The van der Waals surface area contributed by atoms with Gasteiger partial charge in [-0.1, -0.05) is 12.1 Å². The SMILES string of the molecule is NCc1nc(C(=O)NCc2cccc(NC(=O)N3CCCC3)c2)cs1. The van der Waals surface area contributed by atoms with E-state index in [1.54, 1.807) is 5.38 Å². The lowest BCUT2D eigenvalue weighted by molar-refractivity contribution is 0.0946. The van der Waals surface area contributed by atoms with E-state index in [1.807, 2.05) is 29.2 Å². The van der Waals surface area contributed by atoms with Crippen LogP contribution in [0.3, 0.4) is 0 Å². The summed E-state index contributed by atoms with van der Waals surface area (Å²) in [6, 6.07) is 7.39. The van der Waals surface area contributed by atoms with E-state index in [1.165, 1.54) is 11.3 Å². The first kappa shape index (κ1) is 17.4. The maximum Gasteiger partial charge on any atom is 0.321 e. The molecule has 132 valence electrons. The number of rotatable bonds is 5. The van der Waals surface area contributed by atoms with E-state index in [4.69, 9.17) is 5.73 Å². The largest absolute Gasteiger partial charge is 0.347 e. The minimum atomic E-state index is -0.234. The molecule has 0 radical (unpaired) electrons. The van der Waals surface area contributed by atoms with Gasteiger partial charge in [-0.2, -0.15) is 0 Å². The number of amides is 3. The van der Waals surface area contributed by atoms with Crippen LogP contribution in [0, 0.1) is 0 Å². The maximum absolute atomic E-state index is 12.1. The van der Waals surface area contributed by atoms with Gasteiger partial charge in [0.1, 0.15) is 10.7 Å². The number of hydrogen-bond donors (Lipinski definition) is 3. The molecule has 0 atom stereocenters. The molecule has 25 heavy (non-hydrogen) atoms. The Morgan fingerprint density at radius 2 is 2.08 bits per heavy atom. The Balaban J connectivity index is 1.55. The van der Waals surface area contributed by atoms with Crippen LogP contribution in [0.5, 0.6) is 0 Å². The van der Waals surface area contributed by atoms with Gasteiger partial charge >= 0.3 is 6.03 Å². The van der Waals surface area contributed by atoms with Crippen molar-refractivity contribution in [1.82, 2.24) is 15.2 Å². The summed E-state index contributed by atoms with van der Waals surface area (Å²) in [7, 11) is 0. The fraction of sp³-hybridized carbons (Fsp3) is 0.353. The van der Waals surface area contributed by atoms with Crippen molar-refractivity contribution in [3.63, 3.8) is 0 Å².